The van der Waals surface area contributed by atoms with Crippen molar-refractivity contribution in [3.63, 3.8) is 0 Å². The highest BCUT2D eigenvalue weighted by Gasteiger charge is 2.45. The molecule has 5 atom stereocenters. The van der Waals surface area contributed by atoms with Crippen LogP contribution in [0, 0.1) is 0 Å². The number of phenolic OH excluding ortho intramolecular Hbond substituents is 3. The number of aromatic hydroxyl groups is 3. The van der Waals surface area contributed by atoms with E-state index in [1.807, 2.05) is 0 Å². The molecule has 1 heterocycles. The van der Waals surface area contributed by atoms with Gasteiger partial charge in [-0.15, -0.1) is 0 Å². The molecule has 10 nitrogen and oxygen atoms in total. The fraction of sp³-hybridized carbons (Fsp3) is 0.286. The average Bonchev–Trinajstić information content (AvgIpc) is 2.73. The van der Waals surface area contributed by atoms with Crippen molar-refractivity contribution in [2.24, 2.45) is 0 Å². The molecule has 0 spiro atoms. The highest BCUT2D eigenvalue weighted by molar-refractivity contribution is 6.10. The first kappa shape index (κ1) is 22.5. The van der Waals surface area contributed by atoms with E-state index in [1.54, 1.807) is 12.1 Å². The number of aliphatic hydroxyl groups excluding tert-OH is 4. The molecule has 1 unspecified atom stereocenters. The van der Waals surface area contributed by atoms with Crippen molar-refractivity contribution >= 4 is 11.9 Å². The lowest BCUT2D eigenvalue weighted by Gasteiger charge is -2.39. The molecule has 7 N–H and O–H groups in total. The van der Waals surface area contributed by atoms with Crippen LogP contribution in [0.25, 0.3) is 6.08 Å². The van der Waals surface area contributed by atoms with E-state index in [4.69, 9.17) is 9.47 Å². The maximum atomic E-state index is 12.7. The molecule has 1 aliphatic rings. The summed E-state index contributed by atoms with van der Waals surface area (Å²) in [5.41, 5.74) is 0.227. The van der Waals surface area contributed by atoms with E-state index < -0.39 is 54.6 Å². The molecule has 0 aromatic heterocycles. The van der Waals surface area contributed by atoms with Gasteiger partial charge in [-0.3, -0.25) is 4.79 Å². The number of rotatable bonds is 6. The third-order valence-corrected chi connectivity index (χ3v) is 4.72. The van der Waals surface area contributed by atoms with Gasteiger partial charge in [-0.2, -0.15) is 0 Å². The summed E-state index contributed by atoms with van der Waals surface area (Å²) in [6, 6.07) is 7.89. The number of hydrogen-bond donors (Lipinski definition) is 7. The summed E-state index contributed by atoms with van der Waals surface area (Å²) in [5.74, 6) is -2.08. The van der Waals surface area contributed by atoms with Gasteiger partial charge in [-0.1, -0.05) is 18.2 Å². The second-order valence-corrected chi connectivity index (χ2v) is 6.94. The highest BCUT2D eigenvalue weighted by Crippen LogP contribution is 2.36. The summed E-state index contributed by atoms with van der Waals surface area (Å²) in [5, 5.41) is 68.5. The Kier molecular flexibility index (Phi) is 6.78. The molecular formula is C21H22O10. The first-order chi connectivity index (χ1) is 14.7. The third kappa shape index (κ3) is 4.95. The SMILES string of the molecule is O=C(/C=C/c1ccc(O)cc1)c1c(O)cc(O)cc1OC1O[C@H](CO)[C@@H](O)[C@H](O)[C@H]1O. The Morgan fingerprint density at radius 3 is 2.29 bits per heavy atom. The van der Waals surface area contributed by atoms with Crippen LogP contribution in [0.3, 0.4) is 0 Å². The van der Waals surface area contributed by atoms with Gasteiger partial charge in [0.25, 0.3) is 0 Å². The zero-order chi connectivity index (χ0) is 22.7. The highest BCUT2D eigenvalue weighted by atomic mass is 16.7. The quantitative estimate of drug-likeness (QED) is 0.239. The Balaban J connectivity index is 1.89. The van der Waals surface area contributed by atoms with Crippen molar-refractivity contribution in [1.82, 2.24) is 0 Å². The van der Waals surface area contributed by atoms with Crippen molar-refractivity contribution in [3.8, 4) is 23.0 Å². The Hall–Kier alpha value is -3.15. The van der Waals surface area contributed by atoms with Crippen molar-refractivity contribution in [2.45, 2.75) is 30.7 Å². The van der Waals surface area contributed by atoms with Gasteiger partial charge >= 0.3 is 0 Å². The average molecular weight is 434 g/mol. The van der Waals surface area contributed by atoms with Crippen molar-refractivity contribution in [1.29, 1.82) is 0 Å². The molecular weight excluding hydrogens is 412 g/mol. The van der Waals surface area contributed by atoms with Crippen LogP contribution in [0.5, 0.6) is 23.0 Å². The lowest BCUT2D eigenvalue weighted by atomic mass is 9.99. The lowest BCUT2D eigenvalue weighted by Crippen LogP contribution is -2.60. The van der Waals surface area contributed by atoms with Gasteiger partial charge in [-0.05, 0) is 23.8 Å². The number of carbonyl (C=O) groups is 1. The van der Waals surface area contributed by atoms with E-state index in [-0.39, 0.29) is 17.1 Å². The molecule has 0 amide bonds. The van der Waals surface area contributed by atoms with Crippen LogP contribution in [0.2, 0.25) is 0 Å². The summed E-state index contributed by atoms with van der Waals surface area (Å²) < 4.78 is 10.7. The fourth-order valence-corrected chi connectivity index (χ4v) is 3.06. The van der Waals surface area contributed by atoms with E-state index in [9.17, 15) is 40.5 Å². The minimum absolute atomic E-state index is 0.0508. The predicted octanol–water partition coefficient (Wildman–Crippen LogP) is -0.122. The monoisotopic (exact) mass is 434 g/mol. The lowest BCUT2D eigenvalue weighted by molar-refractivity contribution is -0.277. The van der Waals surface area contributed by atoms with Gasteiger partial charge in [0.2, 0.25) is 6.29 Å². The minimum Gasteiger partial charge on any atom is -0.508 e. The van der Waals surface area contributed by atoms with Crippen molar-refractivity contribution in [3.05, 3.63) is 53.6 Å². The third-order valence-electron chi connectivity index (χ3n) is 4.72. The summed E-state index contributed by atoms with van der Waals surface area (Å²) in [6.45, 7) is -0.683. The topological polar surface area (TPSA) is 177 Å². The van der Waals surface area contributed by atoms with Crippen molar-refractivity contribution < 1.29 is 50.0 Å². The normalized spacial score (nSPS) is 26.1. The molecule has 0 aliphatic carbocycles. The number of ether oxygens (including phenoxy) is 2. The molecule has 1 aliphatic heterocycles. The van der Waals surface area contributed by atoms with Crippen LogP contribution < -0.4 is 4.74 Å². The van der Waals surface area contributed by atoms with E-state index >= 15 is 0 Å². The Morgan fingerprint density at radius 2 is 1.65 bits per heavy atom. The zero-order valence-electron chi connectivity index (χ0n) is 16.1. The van der Waals surface area contributed by atoms with Crippen molar-refractivity contribution in [2.75, 3.05) is 6.61 Å². The number of aliphatic hydroxyl groups is 4. The van der Waals surface area contributed by atoms with Gasteiger partial charge < -0.3 is 45.2 Å². The molecule has 0 bridgehead atoms. The molecule has 31 heavy (non-hydrogen) atoms. The molecule has 2 aromatic rings. The van der Waals surface area contributed by atoms with E-state index in [0.717, 1.165) is 18.2 Å². The standard InChI is InChI=1S/C21H22O10/c22-9-16-18(27)19(28)20(29)21(31-16)30-15-8-12(24)7-14(26)17(15)13(25)6-3-10-1-4-11(23)5-2-10/h1-8,16,18-24,26-29H,9H2/b6-3+/t16-,18-,19+,20-,21?/m1/s1. The largest absolute Gasteiger partial charge is 0.508 e. The number of carbonyl (C=O) groups excluding carboxylic acids is 1. The molecule has 0 saturated carbocycles. The molecule has 0 radical (unpaired) electrons. The number of benzene rings is 2. The van der Waals surface area contributed by atoms with Crippen LogP contribution in [0.15, 0.2) is 42.5 Å². The fourth-order valence-electron chi connectivity index (χ4n) is 3.06. The van der Waals surface area contributed by atoms with Crippen LogP contribution in [-0.4, -0.2) is 78.8 Å². The van der Waals surface area contributed by atoms with Crippen LogP contribution in [-0.2, 0) is 4.74 Å². The summed E-state index contributed by atoms with van der Waals surface area (Å²) in [6.07, 6.45) is -5.39. The maximum Gasteiger partial charge on any atom is 0.229 e. The van der Waals surface area contributed by atoms with Crippen LogP contribution in [0.1, 0.15) is 15.9 Å². The first-order valence-electron chi connectivity index (χ1n) is 9.26. The van der Waals surface area contributed by atoms with Gasteiger partial charge in [0.05, 0.1) is 6.61 Å². The number of phenols is 3. The molecule has 3 rings (SSSR count). The summed E-state index contributed by atoms with van der Waals surface area (Å²) in [4.78, 5) is 12.7. The first-order valence-corrected chi connectivity index (χ1v) is 9.26. The molecule has 2 aromatic carbocycles. The van der Waals surface area contributed by atoms with Gasteiger partial charge in [0.15, 0.2) is 5.78 Å². The minimum atomic E-state index is -1.75. The molecule has 166 valence electrons. The molecule has 1 fully saturated rings. The van der Waals surface area contributed by atoms with Crippen LogP contribution >= 0.6 is 0 Å². The van der Waals surface area contributed by atoms with Gasteiger partial charge in [0, 0.05) is 12.1 Å². The zero-order valence-corrected chi connectivity index (χ0v) is 16.1. The number of ketones is 1. The van der Waals surface area contributed by atoms with Crippen LogP contribution in [0.4, 0.5) is 0 Å². The molecule has 1 saturated heterocycles. The molecule has 10 heteroatoms. The Labute approximate surface area is 176 Å². The van der Waals surface area contributed by atoms with E-state index in [1.165, 1.54) is 18.2 Å². The van der Waals surface area contributed by atoms with Gasteiger partial charge in [0.1, 0.15) is 53.0 Å². The second kappa shape index (κ2) is 9.33. The summed E-state index contributed by atoms with van der Waals surface area (Å²) in [7, 11) is 0. The Morgan fingerprint density at radius 1 is 0.968 bits per heavy atom. The smallest absolute Gasteiger partial charge is 0.229 e. The Bertz CT molecular complexity index is 953. The maximum absolute atomic E-state index is 12.7. The number of hydrogen-bond acceptors (Lipinski definition) is 10. The predicted molar refractivity (Wildman–Crippen MR) is 106 cm³/mol. The number of allylic oxidation sites excluding steroid dienone is 1. The second-order valence-electron chi connectivity index (χ2n) is 6.94. The summed E-state index contributed by atoms with van der Waals surface area (Å²) >= 11 is 0. The van der Waals surface area contributed by atoms with Gasteiger partial charge in [-0.25, -0.2) is 0 Å². The van der Waals surface area contributed by atoms with E-state index in [0.29, 0.717) is 5.56 Å². The van der Waals surface area contributed by atoms with E-state index in [2.05, 4.69) is 0 Å².